The molecule has 0 fully saturated rings. The molecule has 2 aliphatic carbocycles. The van der Waals surface area contributed by atoms with Gasteiger partial charge >= 0.3 is 11.9 Å². The van der Waals surface area contributed by atoms with Gasteiger partial charge in [0, 0.05) is 23.0 Å². The molecule has 0 atom stereocenters. The minimum absolute atomic E-state index is 0.111. The summed E-state index contributed by atoms with van der Waals surface area (Å²) in [5.74, 6) is -6.36. The number of carbonyl (C=O) groups is 4. The number of fused-ring (bicyclic) bond motifs is 6. The highest BCUT2D eigenvalue weighted by atomic mass is 16.5. The number of aromatic carboxylic acids is 2. The van der Waals surface area contributed by atoms with E-state index in [2.05, 4.69) is 0 Å². The third-order valence-electron chi connectivity index (χ3n) is 8.72. The van der Waals surface area contributed by atoms with Crippen molar-refractivity contribution in [3.05, 3.63) is 154 Å². The van der Waals surface area contributed by atoms with E-state index in [1.807, 2.05) is 97.1 Å². The van der Waals surface area contributed by atoms with Crippen LogP contribution in [0.15, 0.2) is 109 Å². The molecule has 2 aliphatic rings. The van der Waals surface area contributed by atoms with Gasteiger partial charge in [-0.15, -0.1) is 0 Å². The molecular formula is C38H24O8-2. The summed E-state index contributed by atoms with van der Waals surface area (Å²) in [7, 11) is 0. The van der Waals surface area contributed by atoms with Crippen molar-refractivity contribution in [1.29, 1.82) is 0 Å². The molecule has 7 rings (SSSR count). The number of ether oxygens (including phenoxy) is 2. The highest BCUT2D eigenvalue weighted by Crippen LogP contribution is 2.46. The topological polar surface area (TPSA) is 133 Å². The lowest BCUT2D eigenvalue weighted by Crippen LogP contribution is -2.31. The van der Waals surface area contributed by atoms with Crippen molar-refractivity contribution in [3.63, 3.8) is 0 Å². The Kier molecular flexibility index (Phi) is 7.17. The van der Waals surface area contributed by atoms with Gasteiger partial charge in [-0.3, -0.25) is 0 Å². The minimum atomic E-state index is -1.86. The van der Waals surface area contributed by atoms with Gasteiger partial charge in [-0.25, -0.2) is 9.59 Å². The van der Waals surface area contributed by atoms with Crippen molar-refractivity contribution in [1.82, 2.24) is 0 Å². The van der Waals surface area contributed by atoms with Crippen LogP contribution in [-0.2, 0) is 9.47 Å². The van der Waals surface area contributed by atoms with Gasteiger partial charge in [0.1, 0.15) is 13.2 Å². The zero-order chi connectivity index (χ0) is 31.9. The second kappa shape index (κ2) is 11.5. The summed E-state index contributed by atoms with van der Waals surface area (Å²) in [4.78, 5) is 50.9. The maximum Gasteiger partial charge on any atom is 0.339 e. The van der Waals surface area contributed by atoms with Crippen LogP contribution in [0.1, 0.15) is 75.5 Å². The Morgan fingerprint density at radius 1 is 0.457 bits per heavy atom. The maximum absolute atomic E-state index is 13.6. The number of benzene rings is 5. The fourth-order valence-electron chi connectivity index (χ4n) is 6.63. The SMILES string of the molecule is O=C([O-])c1cc(C(=O)OCC2c3ccccc3-c3ccccc32)c(C(=O)OCC2c3ccccc3-c3ccccc32)cc1C(=O)[O-]. The standard InChI is InChI=1S/C38H26O8/c39-35(40)29-17-31(37(43)45-19-33-25-13-5-1-9-21(25)22-10-2-6-14-26(22)33)32(18-30(29)36(41)42)38(44)46-20-34-27-15-7-3-11-23(27)24-12-4-8-16-28(24)34/h1-18,33-34H,19-20H2,(H,39,40)(H,41,42)/p-2. The number of hydrogen-bond acceptors (Lipinski definition) is 8. The van der Waals surface area contributed by atoms with E-state index in [9.17, 15) is 29.4 Å². The van der Waals surface area contributed by atoms with Gasteiger partial charge in [0.05, 0.1) is 23.1 Å². The summed E-state index contributed by atoms with van der Waals surface area (Å²) in [5.41, 5.74) is 5.30. The summed E-state index contributed by atoms with van der Waals surface area (Å²) in [6.07, 6.45) is 0. The van der Waals surface area contributed by atoms with Crippen LogP contribution in [0.5, 0.6) is 0 Å². The number of carboxylic acids is 2. The summed E-state index contributed by atoms with van der Waals surface area (Å²) in [5, 5.41) is 23.8. The van der Waals surface area contributed by atoms with E-state index in [0.29, 0.717) is 0 Å². The number of carboxylic acid groups (broad SMARTS) is 2. The Hall–Kier alpha value is -6.02. The largest absolute Gasteiger partial charge is 0.545 e. The molecule has 0 spiro atoms. The first-order chi connectivity index (χ1) is 22.3. The van der Waals surface area contributed by atoms with Crippen molar-refractivity contribution in [3.8, 4) is 22.3 Å². The maximum atomic E-state index is 13.6. The van der Waals surface area contributed by atoms with Crippen molar-refractivity contribution in [2.75, 3.05) is 13.2 Å². The van der Waals surface area contributed by atoms with Gasteiger partial charge in [0.2, 0.25) is 0 Å². The Bertz CT molecular complexity index is 1840. The van der Waals surface area contributed by atoms with Crippen molar-refractivity contribution < 1.29 is 38.9 Å². The van der Waals surface area contributed by atoms with Crippen LogP contribution < -0.4 is 10.2 Å². The van der Waals surface area contributed by atoms with Crippen molar-refractivity contribution >= 4 is 23.9 Å². The molecule has 0 saturated heterocycles. The first-order valence-corrected chi connectivity index (χ1v) is 14.6. The summed E-state index contributed by atoms with van der Waals surface area (Å²) < 4.78 is 11.4. The van der Waals surface area contributed by atoms with Gasteiger partial charge in [-0.2, -0.15) is 0 Å². The molecule has 5 aromatic rings. The molecule has 0 saturated carbocycles. The predicted molar refractivity (Wildman–Crippen MR) is 163 cm³/mol. The lowest BCUT2D eigenvalue weighted by Gasteiger charge is -2.19. The molecule has 8 heteroatoms. The Morgan fingerprint density at radius 2 is 0.739 bits per heavy atom. The fraction of sp³-hybridized carbons (Fsp3) is 0.105. The number of carbonyl (C=O) groups excluding carboxylic acids is 4. The molecule has 0 unspecified atom stereocenters. The lowest BCUT2D eigenvalue weighted by atomic mass is 9.96. The van der Waals surface area contributed by atoms with Gasteiger partial charge in [0.25, 0.3) is 0 Å². The van der Waals surface area contributed by atoms with Crippen LogP contribution in [0.3, 0.4) is 0 Å². The highest BCUT2D eigenvalue weighted by molar-refractivity contribution is 6.09. The zero-order valence-electron chi connectivity index (χ0n) is 24.2. The summed E-state index contributed by atoms with van der Waals surface area (Å²) in [6.45, 7) is -0.222. The molecule has 0 radical (unpaired) electrons. The average Bonchev–Trinajstić information content (AvgIpc) is 3.57. The van der Waals surface area contributed by atoms with Gasteiger partial charge < -0.3 is 29.3 Å². The Balaban J connectivity index is 1.19. The van der Waals surface area contributed by atoms with E-state index in [1.54, 1.807) is 0 Å². The molecule has 0 aromatic heterocycles. The third-order valence-corrected chi connectivity index (χ3v) is 8.72. The van der Waals surface area contributed by atoms with Crippen LogP contribution >= 0.6 is 0 Å². The minimum Gasteiger partial charge on any atom is -0.545 e. The smallest absolute Gasteiger partial charge is 0.339 e. The molecule has 0 aliphatic heterocycles. The molecular weight excluding hydrogens is 584 g/mol. The van der Waals surface area contributed by atoms with Gasteiger partial charge in [0.15, 0.2) is 0 Å². The molecule has 226 valence electrons. The number of rotatable bonds is 8. The fourth-order valence-corrected chi connectivity index (χ4v) is 6.63. The number of hydrogen-bond donors (Lipinski definition) is 0. The Morgan fingerprint density at radius 3 is 1.02 bits per heavy atom. The molecule has 8 nitrogen and oxygen atoms in total. The molecule has 0 amide bonds. The van der Waals surface area contributed by atoms with E-state index in [0.717, 1.165) is 56.6 Å². The summed E-state index contributed by atoms with van der Waals surface area (Å²) >= 11 is 0. The summed E-state index contributed by atoms with van der Waals surface area (Å²) in [6, 6.07) is 32.5. The van der Waals surface area contributed by atoms with Crippen molar-refractivity contribution in [2.45, 2.75) is 11.8 Å². The first-order valence-electron chi connectivity index (χ1n) is 14.6. The van der Waals surface area contributed by atoms with Crippen LogP contribution in [0.2, 0.25) is 0 Å². The van der Waals surface area contributed by atoms with Crippen LogP contribution in [0.25, 0.3) is 22.3 Å². The third kappa shape index (κ3) is 4.80. The number of esters is 2. The lowest BCUT2D eigenvalue weighted by molar-refractivity contribution is -0.259. The van der Waals surface area contributed by atoms with Crippen molar-refractivity contribution in [2.24, 2.45) is 0 Å². The van der Waals surface area contributed by atoms with Gasteiger partial charge in [-0.1, -0.05) is 97.1 Å². The van der Waals surface area contributed by atoms with E-state index in [1.165, 1.54) is 0 Å². The zero-order valence-corrected chi connectivity index (χ0v) is 24.2. The molecule has 0 bridgehead atoms. The molecule has 0 heterocycles. The second-order valence-corrected chi connectivity index (χ2v) is 11.2. The van der Waals surface area contributed by atoms with Gasteiger partial charge in [-0.05, 0) is 56.6 Å². The van der Waals surface area contributed by atoms with Crippen LogP contribution in [-0.4, -0.2) is 37.1 Å². The monoisotopic (exact) mass is 608 g/mol. The normalized spacial score (nSPS) is 12.9. The van der Waals surface area contributed by atoms with Crippen LogP contribution in [0, 0.1) is 0 Å². The Labute approximate surface area is 263 Å². The van der Waals surface area contributed by atoms with E-state index in [-0.39, 0.29) is 25.0 Å². The van der Waals surface area contributed by atoms with Crippen LogP contribution in [0.4, 0.5) is 0 Å². The molecule has 0 N–H and O–H groups in total. The van der Waals surface area contributed by atoms with E-state index < -0.39 is 46.1 Å². The average molecular weight is 609 g/mol. The molecule has 46 heavy (non-hydrogen) atoms. The predicted octanol–water partition coefficient (Wildman–Crippen LogP) is 4.35. The quantitative estimate of drug-likeness (QED) is 0.238. The highest BCUT2D eigenvalue weighted by Gasteiger charge is 2.32. The molecule has 5 aromatic carbocycles. The first kappa shape index (κ1) is 28.7. The van der Waals surface area contributed by atoms with E-state index in [4.69, 9.17) is 9.47 Å². The second-order valence-electron chi connectivity index (χ2n) is 11.2. The van der Waals surface area contributed by atoms with E-state index >= 15 is 0 Å².